The molecule has 0 amide bonds. The molecular formula is C60H72N2. The number of benzene rings is 6. The van der Waals surface area contributed by atoms with Crippen molar-refractivity contribution >= 4 is 28.4 Å². The van der Waals surface area contributed by atoms with Crippen LogP contribution < -0.4 is 10.2 Å². The van der Waals surface area contributed by atoms with Crippen LogP contribution in [0.5, 0.6) is 0 Å². The summed E-state index contributed by atoms with van der Waals surface area (Å²) in [7, 11) is 0. The Balaban J connectivity index is 1.15. The van der Waals surface area contributed by atoms with Crippen molar-refractivity contribution < 1.29 is 0 Å². The summed E-state index contributed by atoms with van der Waals surface area (Å²) in [6.45, 7) is 6.94. The molecule has 0 aliphatic heterocycles. The van der Waals surface area contributed by atoms with Gasteiger partial charge < -0.3 is 10.2 Å². The van der Waals surface area contributed by atoms with Gasteiger partial charge in [-0.2, -0.15) is 0 Å². The van der Waals surface area contributed by atoms with Gasteiger partial charge in [0.05, 0.1) is 0 Å². The number of anilines is 5. The Morgan fingerprint density at radius 2 is 0.935 bits per heavy atom. The quantitative estimate of drug-likeness (QED) is 0.0612. The van der Waals surface area contributed by atoms with Crippen LogP contribution in [0.3, 0.4) is 0 Å². The molecule has 0 radical (unpaired) electrons. The summed E-state index contributed by atoms with van der Waals surface area (Å²) < 4.78 is 0. The molecule has 6 aromatic carbocycles. The van der Waals surface area contributed by atoms with E-state index in [-0.39, 0.29) is 5.41 Å². The minimum atomic E-state index is 0.0188. The Morgan fingerprint density at radius 1 is 0.435 bits per heavy atom. The molecule has 0 spiro atoms. The maximum atomic E-state index is 3.61. The highest BCUT2D eigenvalue weighted by atomic mass is 15.1. The number of nitrogens with zero attached hydrogens (tertiary/aromatic N) is 1. The largest absolute Gasteiger partial charge is 0.356 e. The highest BCUT2D eigenvalue weighted by Crippen LogP contribution is 2.56. The molecule has 0 saturated heterocycles. The monoisotopic (exact) mass is 821 g/mol. The van der Waals surface area contributed by atoms with Crippen molar-refractivity contribution in [3.8, 4) is 22.3 Å². The van der Waals surface area contributed by atoms with E-state index in [0.29, 0.717) is 0 Å². The molecule has 2 nitrogen and oxygen atoms in total. The molecule has 2 aliphatic carbocycles. The lowest BCUT2D eigenvalue weighted by atomic mass is 9.70. The van der Waals surface area contributed by atoms with E-state index in [2.05, 4.69) is 164 Å². The normalized spacial score (nSPS) is 13.3. The number of nitrogens with one attached hydrogen (secondary N) is 1. The van der Waals surface area contributed by atoms with Crippen molar-refractivity contribution in [1.82, 2.24) is 0 Å². The van der Waals surface area contributed by atoms with Crippen molar-refractivity contribution in [3.05, 3.63) is 161 Å². The third kappa shape index (κ3) is 10.2. The van der Waals surface area contributed by atoms with Gasteiger partial charge >= 0.3 is 0 Å². The third-order valence-corrected chi connectivity index (χ3v) is 14.2. The molecule has 0 saturated carbocycles. The first kappa shape index (κ1) is 43.6. The summed E-state index contributed by atoms with van der Waals surface area (Å²) in [4.78, 5) is 2.50. The van der Waals surface area contributed by atoms with Gasteiger partial charge in [-0.1, -0.05) is 195 Å². The highest BCUT2D eigenvalue weighted by Gasteiger charge is 2.42. The van der Waals surface area contributed by atoms with E-state index >= 15 is 0 Å². The second-order valence-corrected chi connectivity index (χ2v) is 18.7. The molecular weight excluding hydrogens is 749 g/mol. The van der Waals surface area contributed by atoms with Crippen LogP contribution in [0.15, 0.2) is 133 Å². The average Bonchev–Trinajstić information content (AvgIpc) is 3.55. The van der Waals surface area contributed by atoms with Gasteiger partial charge in [0, 0.05) is 33.9 Å². The van der Waals surface area contributed by atoms with Crippen LogP contribution in [0.1, 0.15) is 157 Å². The van der Waals surface area contributed by atoms with Gasteiger partial charge in [-0.05, 0) is 138 Å². The lowest BCUT2D eigenvalue weighted by Gasteiger charge is -2.34. The van der Waals surface area contributed by atoms with Gasteiger partial charge in [0.15, 0.2) is 0 Å². The predicted molar refractivity (Wildman–Crippen MR) is 269 cm³/mol. The fourth-order valence-corrected chi connectivity index (χ4v) is 10.5. The number of fused-ring (bicyclic) bond motifs is 4. The van der Waals surface area contributed by atoms with E-state index in [1.807, 2.05) is 0 Å². The first-order valence-electron chi connectivity index (χ1n) is 24.8. The van der Waals surface area contributed by atoms with Crippen LogP contribution in [0.25, 0.3) is 22.3 Å². The number of aryl methyl sites for hydroxylation is 3. The Morgan fingerprint density at radius 3 is 1.52 bits per heavy atom. The predicted octanol–water partition coefficient (Wildman–Crippen LogP) is 18.3. The van der Waals surface area contributed by atoms with Crippen molar-refractivity contribution in [2.75, 3.05) is 10.2 Å². The Bertz CT molecular complexity index is 2300. The first-order valence-corrected chi connectivity index (χ1v) is 24.8. The maximum Gasteiger partial charge on any atom is 0.0465 e. The molecule has 2 heteroatoms. The van der Waals surface area contributed by atoms with E-state index in [0.717, 1.165) is 11.4 Å². The summed E-state index contributed by atoms with van der Waals surface area (Å²) >= 11 is 0. The van der Waals surface area contributed by atoms with Crippen LogP contribution in [-0.2, 0) is 18.3 Å². The van der Waals surface area contributed by atoms with Crippen molar-refractivity contribution in [2.45, 2.75) is 155 Å². The smallest absolute Gasteiger partial charge is 0.0465 e. The Labute approximate surface area is 375 Å². The van der Waals surface area contributed by atoms with Gasteiger partial charge in [0.25, 0.3) is 0 Å². The van der Waals surface area contributed by atoms with Gasteiger partial charge in [-0.15, -0.1) is 0 Å². The molecule has 2 aliphatic rings. The Kier molecular flexibility index (Phi) is 15.0. The second kappa shape index (κ2) is 21.3. The second-order valence-electron chi connectivity index (χ2n) is 18.7. The van der Waals surface area contributed by atoms with Gasteiger partial charge in [0.2, 0.25) is 0 Å². The zero-order valence-corrected chi connectivity index (χ0v) is 38.3. The topological polar surface area (TPSA) is 15.3 Å². The van der Waals surface area contributed by atoms with Gasteiger partial charge in [0.1, 0.15) is 0 Å². The molecule has 6 aromatic rings. The van der Waals surface area contributed by atoms with E-state index in [1.165, 1.54) is 184 Å². The molecule has 322 valence electrons. The molecule has 0 heterocycles. The molecule has 0 atom stereocenters. The standard InChI is InChI=1S/C60H72N2/c1-4-6-8-10-12-14-16-21-41-60(42-22-17-15-13-11-9-7-5-2)58-43-46(3)25-39-56(58)57-40-38-55(45-59(57)60)62(54-36-32-52(33-37-54)61-51-23-19-18-20-24-51)53-34-30-48(31-35-53)50-29-27-47-26-28-49(47)44-50/h18-20,23-25,27,29-40,43-45,61H,4-17,21-22,26,28,41-42H2,1-3H3. The SMILES string of the molecule is CCCCCCCCCCC1(CCCCCCCCCC)c2cc(C)ccc2-c2ccc(N(c3ccc(Nc4ccccc4)cc3)c3ccc(-c4ccc5c(c4)CC5)cc3)cc21. The average molecular weight is 821 g/mol. The van der Waals surface area contributed by atoms with Gasteiger partial charge in [-0.25, -0.2) is 0 Å². The molecule has 0 bridgehead atoms. The summed E-state index contributed by atoms with van der Waals surface area (Å²) in [5.74, 6) is 0. The van der Waals surface area contributed by atoms with Crippen molar-refractivity contribution in [3.63, 3.8) is 0 Å². The van der Waals surface area contributed by atoms with E-state index < -0.39 is 0 Å². The fourth-order valence-electron chi connectivity index (χ4n) is 10.5. The number of hydrogen-bond donors (Lipinski definition) is 1. The van der Waals surface area contributed by atoms with E-state index in [4.69, 9.17) is 0 Å². The summed E-state index contributed by atoms with van der Waals surface area (Å²) in [6.07, 6.45) is 26.5. The Hall–Kier alpha value is -5.08. The number of para-hydroxylation sites is 1. The lowest BCUT2D eigenvalue weighted by molar-refractivity contribution is 0.397. The number of hydrogen-bond acceptors (Lipinski definition) is 2. The van der Waals surface area contributed by atoms with Crippen molar-refractivity contribution in [1.29, 1.82) is 0 Å². The zero-order valence-electron chi connectivity index (χ0n) is 38.3. The van der Waals surface area contributed by atoms with E-state index in [1.54, 1.807) is 11.1 Å². The molecule has 8 rings (SSSR count). The van der Waals surface area contributed by atoms with Crippen LogP contribution in [0, 0.1) is 6.92 Å². The number of rotatable bonds is 24. The summed E-state index contributed by atoms with van der Waals surface area (Å²) in [5, 5.41) is 3.61. The summed E-state index contributed by atoms with van der Waals surface area (Å²) in [5.41, 5.74) is 18.8. The molecule has 62 heavy (non-hydrogen) atoms. The first-order chi connectivity index (χ1) is 30.6. The van der Waals surface area contributed by atoms with Crippen LogP contribution in [0.2, 0.25) is 0 Å². The molecule has 0 fully saturated rings. The number of unbranched alkanes of at least 4 members (excludes halogenated alkanes) is 14. The maximum absolute atomic E-state index is 3.61. The highest BCUT2D eigenvalue weighted by molar-refractivity contribution is 5.86. The van der Waals surface area contributed by atoms with Gasteiger partial charge in [-0.3, -0.25) is 0 Å². The zero-order chi connectivity index (χ0) is 42.6. The summed E-state index contributed by atoms with van der Waals surface area (Å²) in [6, 6.07) is 50.7. The lowest BCUT2D eigenvalue weighted by Crippen LogP contribution is -2.26. The van der Waals surface area contributed by atoms with E-state index in [9.17, 15) is 0 Å². The van der Waals surface area contributed by atoms with Crippen LogP contribution in [-0.4, -0.2) is 0 Å². The molecule has 1 N–H and O–H groups in total. The molecule has 0 aromatic heterocycles. The minimum absolute atomic E-state index is 0.0188. The molecule has 0 unspecified atom stereocenters. The third-order valence-electron chi connectivity index (χ3n) is 14.2. The van der Waals surface area contributed by atoms with Crippen LogP contribution in [0.4, 0.5) is 28.4 Å². The van der Waals surface area contributed by atoms with Crippen molar-refractivity contribution in [2.24, 2.45) is 0 Å². The fraction of sp³-hybridized carbons (Fsp3) is 0.400. The minimum Gasteiger partial charge on any atom is -0.356 e. The van der Waals surface area contributed by atoms with Crippen LogP contribution >= 0.6 is 0 Å².